The molecule has 1 amide bonds. The Hall–Kier alpha value is -1.51. The van der Waals surface area contributed by atoms with E-state index in [4.69, 9.17) is 23.2 Å². The Morgan fingerprint density at radius 2 is 1.90 bits per heavy atom. The summed E-state index contributed by atoms with van der Waals surface area (Å²) in [7, 11) is 0. The molecule has 0 spiro atoms. The van der Waals surface area contributed by atoms with Gasteiger partial charge in [0.05, 0.1) is 5.38 Å². The molecule has 3 rings (SSSR count). The molecule has 1 heterocycles. The fourth-order valence-corrected chi connectivity index (χ4v) is 3.05. The van der Waals surface area contributed by atoms with Crippen molar-refractivity contribution < 1.29 is 4.79 Å². The van der Waals surface area contributed by atoms with Crippen molar-refractivity contribution in [2.45, 2.75) is 18.2 Å². The fraction of sp³-hybridized carbons (Fsp3) is 0.188. The van der Waals surface area contributed by atoms with E-state index in [0.29, 0.717) is 11.4 Å². The topological polar surface area (TPSA) is 29.1 Å². The molecule has 4 heteroatoms. The van der Waals surface area contributed by atoms with Crippen molar-refractivity contribution in [2.75, 3.05) is 5.32 Å². The van der Waals surface area contributed by atoms with Crippen molar-refractivity contribution in [1.82, 2.24) is 0 Å². The molecule has 1 atom stereocenters. The molecule has 1 unspecified atom stereocenters. The number of nitrogens with one attached hydrogen (secondary N) is 1. The minimum absolute atomic E-state index is 0.0683. The van der Waals surface area contributed by atoms with Crippen LogP contribution in [0.1, 0.15) is 28.5 Å². The molecular weight excluding hydrogens is 293 g/mol. The molecule has 0 saturated heterocycles. The molecule has 20 heavy (non-hydrogen) atoms. The highest BCUT2D eigenvalue weighted by molar-refractivity contribution is 6.33. The standard InChI is InChI=1S/C16H13Cl2NO/c17-13-4-2-1-3-12(13)16(18)11-5-7-14-10(9-11)6-8-15(20)19-14/h1-5,7,9,16H,6,8H2,(H,19,20). The van der Waals surface area contributed by atoms with Crippen molar-refractivity contribution >= 4 is 34.8 Å². The molecular formula is C16H13Cl2NO. The number of carbonyl (C=O) groups excluding carboxylic acids is 1. The van der Waals surface area contributed by atoms with Crippen LogP contribution < -0.4 is 5.32 Å². The van der Waals surface area contributed by atoms with Crippen LogP contribution in [0.5, 0.6) is 0 Å². The Morgan fingerprint density at radius 3 is 2.70 bits per heavy atom. The van der Waals surface area contributed by atoms with Crippen molar-refractivity contribution in [3.63, 3.8) is 0 Å². The second-order valence-corrected chi connectivity index (χ2v) is 5.69. The minimum atomic E-state index is -0.286. The number of carbonyl (C=O) groups is 1. The number of alkyl halides is 1. The molecule has 1 aliphatic heterocycles. The SMILES string of the molecule is O=C1CCc2cc(C(Cl)c3ccccc3Cl)ccc2N1. The third-order valence-corrected chi connectivity index (χ3v) is 4.33. The summed E-state index contributed by atoms with van der Waals surface area (Å²) in [5.74, 6) is 0.0683. The molecule has 2 nitrogen and oxygen atoms in total. The molecule has 102 valence electrons. The van der Waals surface area contributed by atoms with Crippen LogP contribution in [0.2, 0.25) is 5.02 Å². The third kappa shape index (κ3) is 2.54. The van der Waals surface area contributed by atoms with E-state index in [2.05, 4.69) is 11.4 Å². The minimum Gasteiger partial charge on any atom is -0.326 e. The van der Waals surface area contributed by atoms with Crippen LogP contribution in [0.15, 0.2) is 42.5 Å². The van der Waals surface area contributed by atoms with Gasteiger partial charge < -0.3 is 5.32 Å². The second-order valence-electron chi connectivity index (χ2n) is 4.85. The van der Waals surface area contributed by atoms with Gasteiger partial charge in [-0.2, -0.15) is 0 Å². The summed E-state index contributed by atoms with van der Waals surface area (Å²) in [5, 5.41) is 3.25. The third-order valence-electron chi connectivity index (χ3n) is 3.50. The van der Waals surface area contributed by atoms with Gasteiger partial charge in [-0.25, -0.2) is 0 Å². The summed E-state index contributed by atoms with van der Waals surface area (Å²) in [4.78, 5) is 11.4. The molecule has 2 aromatic carbocycles. The average molecular weight is 306 g/mol. The van der Waals surface area contributed by atoms with E-state index in [1.807, 2.05) is 36.4 Å². The molecule has 0 aliphatic carbocycles. The largest absolute Gasteiger partial charge is 0.326 e. The number of hydrogen-bond donors (Lipinski definition) is 1. The summed E-state index contributed by atoms with van der Waals surface area (Å²) < 4.78 is 0. The van der Waals surface area contributed by atoms with Crippen LogP contribution in [0.25, 0.3) is 0 Å². The van der Waals surface area contributed by atoms with E-state index in [1.54, 1.807) is 0 Å². The van der Waals surface area contributed by atoms with Gasteiger partial charge >= 0.3 is 0 Å². The zero-order valence-corrected chi connectivity index (χ0v) is 12.2. The van der Waals surface area contributed by atoms with Gasteiger partial charge in [-0.05, 0) is 35.2 Å². The Bertz CT molecular complexity index is 669. The molecule has 0 fully saturated rings. The number of anilines is 1. The first kappa shape index (κ1) is 13.5. The van der Waals surface area contributed by atoms with Gasteiger partial charge in [0.1, 0.15) is 0 Å². The smallest absolute Gasteiger partial charge is 0.224 e. The maximum atomic E-state index is 11.4. The lowest BCUT2D eigenvalue weighted by molar-refractivity contribution is -0.116. The second kappa shape index (κ2) is 5.47. The Morgan fingerprint density at radius 1 is 1.10 bits per heavy atom. The lowest BCUT2D eigenvalue weighted by Crippen LogP contribution is -2.19. The van der Waals surface area contributed by atoms with Gasteiger partial charge in [0.15, 0.2) is 0 Å². The predicted molar refractivity (Wildman–Crippen MR) is 82.5 cm³/mol. The molecule has 0 saturated carbocycles. The van der Waals surface area contributed by atoms with E-state index in [0.717, 1.165) is 28.8 Å². The molecule has 0 radical (unpaired) electrons. The first-order chi connectivity index (χ1) is 9.65. The first-order valence-electron chi connectivity index (χ1n) is 6.46. The van der Waals surface area contributed by atoms with Gasteiger partial charge in [-0.3, -0.25) is 4.79 Å². The lowest BCUT2D eigenvalue weighted by Gasteiger charge is -2.19. The van der Waals surface area contributed by atoms with Crippen molar-refractivity contribution in [1.29, 1.82) is 0 Å². The number of aryl methyl sites for hydroxylation is 1. The number of rotatable bonds is 2. The van der Waals surface area contributed by atoms with Gasteiger partial charge in [0.25, 0.3) is 0 Å². The zero-order chi connectivity index (χ0) is 14.1. The maximum absolute atomic E-state index is 11.4. The van der Waals surface area contributed by atoms with Crippen LogP contribution >= 0.6 is 23.2 Å². The number of amides is 1. The van der Waals surface area contributed by atoms with Crippen molar-refractivity contribution in [3.8, 4) is 0 Å². The van der Waals surface area contributed by atoms with Crippen molar-refractivity contribution in [2.24, 2.45) is 0 Å². The number of hydrogen-bond acceptors (Lipinski definition) is 1. The van der Waals surface area contributed by atoms with E-state index < -0.39 is 0 Å². The van der Waals surface area contributed by atoms with Crippen molar-refractivity contribution in [3.05, 3.63) is 64.2 Å². The van der Waals surface area contributed by atoms with E-state index in [9.17, 15) is 4.79 Å². The highest BCUT2D eigenvalue weighted by Gasteiger charge is 2.18. The first-order valence-corrected chi connectivity index (χ1v) is 7.28. The monoisotopic (exact) mass is 305 g/mol. The fourth-order valence-electron chi connectivity index (χ4n) is 2.42. The van der Waals surface area contributed by atoms with Gasteiger partial charge in [0, 0.05) is 17.1 Å². The summed E-state index contributed by atoms with van der Waals surface area (Å²) in [6.45, 7) is 0. The number of fused-ring (bicyclic) bond motifs is 1. The summed E-state index contributed by atoms with van der Waals surface area (Å²) in [5.41, 5.74) is 3.90. The van der Waals surface area contributed by atoms with Crippen LogP contribution in [-0.2, 0) is 11.2 Å². The predicted octanol–water partition coefficient (Wildman–Crippen LogP) is 4.55. The Kier molecular flexibility index (Phi) is 3.68. The summed E-state index contributed by atoms with van der Waals surface area (Å²) in [6.07, 6.45) is 1.27. The summed E-state index contributed by atoms with van der Waals surface area (Å²) >= 11 is 12.7. The zero-order valence-electron chi connectivity index (χ0n) is 10.7. The van der Waals surface area contributed by atoms with Gasteiger partial charge in [-0.15, -0.1) is 11.6 Å². The Balaban J connectivity index is 1.95. The van der Waals surface area contributed by atoms with Crippen LogP contribution in [-0.4, -0.2) is 5.91 Å². The van der Waals surface area contributed by atoms with E-state index in [1.165, 1.54) is 0 Å². The van der Waals surface area contributed by atoms with Crippen LogP contribution in [0.3, 0.4) is 0 Å². The maximum Gasteiger partial charge on any atom is 0.224 e. The number of benzene rings is 2. The Labute approximate surface area is 127 Å². The molecule has 0 aromatic heterocycles. The van der Waals surface area contributed by atoms with Crippen LogP contribution in [0, 0.1) is 0 Å². The van der Waals surface area contributed by atoms with Gasteiger partial charge in [-0.1, -0.05) is 41.9 Å². The highest BCUT2D eigenvalue weighted by Crippen LogP contribution is 2.35. The molecule has 1 N–H and O–H groups in total. The quantitative estimate of drug-likeness (QED) is 0.810. The summed E-state index contributed by atoms with van der Waals surface area (Å²) in [6, 6.07) is 13.5. The van der Waals surface area contributed by atoms with E-state index >= 15 is 0 Å². The lowest BCUT2D eigenvalue weighted by atomic mass is 9.97. The number of halogens is 2. The van der Waals surface area contributed by atoms with E-state index in [-0.39, 0.29) is 11.3 Å². The molecule has 2 aromatic rings. The average Bonchev–Trinajstić information content (AvgIpc) is 2.46. The van der Waals surface area contributed by atoms with Gasteiger partial charge in [0.2, 0.25) is 5.91 Å². The van der Waals surface area contributed by atoms with Crippen LogP contribution in [0.4, 0.5) is 5.69 Å². The highest BCUT2D eigenvalue weighted by atomic mass is 35.5. The normalized spacial score (nSPS) is 15.4. The molecule has 1 aliphatic rings. The molecule has 0 bridgehead atoms.